The van der Waals surface area contributed by atoms with Crippen molar-refractivity contribution in [2.24, 2.45) is 5.92 Å². The van der Waals surface area contributed by atoms with Crippen LogP contribution in [0.3, 0.4) is 0 Å². The highest BCUT2D eigenvalue weighted by Crippen LogP contribution is 2.03. The largest absolute Gasteiger partial charge is 0.302 e. The molecule has 0 saturated heterocycles. The van der Waals surface area contributed by atoms with Gasteiger partial charge in [0.15, 0.2) is 0 Å². The van der Waals surface area contributed by atoms with Crippen LogP contribution in [0, 0.1) is 17.2 Å². The van der Waals surface area contributed by atoms with Crippen molar-refractivity contribution in [2.75, 3.05) is 0 Å². The highest BCUT2D eigenvalue weighted by atomic mass is 16.1. The zero-order valence-electron chi connectivity index (χ0n) is 6.47. The summed E-state index contributed by atoms with van der Waals surface area (Å²) >= 11 is 0. The summed E-state index contributed by atoms with van der Waals surface area (Å²) in [6, 6.07) is 5.54. The fourth-order valence-electron chi connectivity index (χ4n) is 0.897. The summed E-state index contributed by atoms with van der Waals surface area (Å²) in [5, 5.41) is 8.49. The van der Waals surface area contributed by atoms with Crippen LogP contribution in [-0.4, -0.2) is 11.3 Å². The topological polar surface area (TPSA) is 53.8 Å². The number of aldehydes is 1. The first-order valence-corrected chi connectivity index (χ1v) is 3.60. The third kappa shape index (κ3) is 2.17. The van der Waals surface area contributed by atoms with E-state index >= 15 is 0 Å². The number of nitriles is 1. The van der Waals surface area contributed by atoms with E-state index in [0.29, 0.717) is 12.7 Å². The Kier molecular flexibility index (Phi) is 2.97. The maximum atomic E-state index is 10.3. The van der Waals surface area contributed by atoms with E-state index in [1.807, 2.05) is 12.1 Å². The van der Waals surface area contributed by atoms with E-state index in [1.165, 1.54) is 0 Å². The lowest BCUT2D eigenvalue weighted by Crippen LogP contribution is -2.02. The second-order valence-electron chi connectivity index (χ2n) is 2.44. The van der Waals surface area contributed by atoms with Crippen LogP contribution in [0.15, 0.2) is 24.5 Å². The van der Waals surface area contributed by atoms with Crippen LogP contribution >= 0.6 is 0 Å². The fraction of sp³-hybridized carbons (Fsp3) is 0.222. The van der Waals surface area contributed by atoms with Gasteiger partial charge in [-0.1, -0.05) is 6.07 Å². The van der Waals surface area contributed by atoms with Crippen molar-refractivity contribution in [3.63, 3.8) is 0 Å². The van der Waals surface area contributed by atoms with E-state index in [2.05, 4.69) is 4.98 Å². The summed E-state index contributed by atoms with van der Waals surface area (Å²) in [6.07, 6.45) is 4.43. The van der Waals surface area contributed by atoms with Gasteiger partial charge in [0.2, 0.25) is 0 Å². The molecule has 0 bridgehead atoms. The molecule has 1 heterocycles. The van der Waals surface area contributed by atoms with Gasteiger partial charge in [-0.15, -0.1) is 0 Å². The van der Waals surface area contributed by atoms with Crippen molar-refractivity contribution >= 4 is 6.29 Å². The van der Waals surface area contributed by atoms with Crippen molar-refractivity contribution in [1.82, 2.24) is 4.98 Å². The van der Waals surface area contributed by atoms with Gasteiger partial charge >= 0.3 is 0 Å². The molecule has 60 valence electrons. The summed E-state index contributed by atoms with van der Waals surface area (Å²) in [6.45, 7) is 0. The zero-order valence-corrected chi connectivity index (χ0v) is 6.47. The molecule has 1 unspecified atom stereocenters. The molecule has 0 radical (unpaired) electrons. The predicted octanol–water partition coefficient (Wildman–Crippen LogP) is 0.963. The molecule has 0 fully saturated rings. The van der Waals surface area contributed by atoms with E-state index in [9.17, 15) is 4.79 Å². The van der Waals surface area contributed by atoms with E-state index in [4.69, 9.17) is 5.26 Å². The molecule has 0 aliphatic carbocycles. The lowest BCUT2D eigenvalue weighted by atomic mass is 10.0. The predicted molar refractivity (Wildman–Crippen MR) is 43.1 cm³/mol. The van der Waals surface area contributed by atoms with Crippen molar-refractivity contribution in [1.29, 1.82) is 5.26 Å². The molecule has 0 aliphatic rings. The minimum Gasteiger partial charge on any atom is -0.302 e. The number of rotatable bonds is 3. The van der Waals surface area contributed by atoms with Gasteiger partial charge < -0.3 is 4.79 Å². The first kappa shape index (κ1) is 8.41. The van der Waals surface area contributed by atoms with Crippen LogP contribution in [-0.2, 0) is 11.2 Å². The van der Waals surface area contributed by atoms with Gasteiger partial charge in [-0.25, -0.2) is 0 Å². The van der Waals surface area contributed by atoms with Gasteiger partial charge in [0.25, 0.3) is 0 Å². The number of carbonyl (C=O) groups is 1. The van der Waals surface area contributed by atoms with E-state index in [1.54, 1.807) is 18.5 Å². The lowest BCUT2D eigenvalue weighted by molar-refractivity contribution is -0.109. The Morgan fingerprint density at radius 3 is 3.08 bits per heavy atom. The highest BCUT2D eigenvalue weighted by molar-refractivity contribution is 5.58. The molecular formula is C9H8N2O. The van der Waals surface area contributed by atoms with E-state index in [-0.39, 0.29) is 0 Å². The monoisotopic (exact) mass is 160 g/mol. The maximum absolute atomic E-state index is 10.3. The van der Waals surface area contributed by atoms with Gasteiger partial charge in [0.1, 0.15) is 12.2 Å². The molecule has 1 aromatic rings. The molecule has 1 rings (SSSR count). The van der Waals surface area contributed by atoms with Gasteiger partial charge in [0, 0.05) is 12.4 Å². The third-order valence-corrected chi connectivity index (χ3v) is 1.51. The molecule has 1 aromatic heterocycles. The van der Waals surface area contributed by atoms with Crippen molar-refractivity contribution < 1.29 is 4.79 Å². The summed E-state index contributed by atoms with van der Waals surface area (Å²) in [4.78, 5) is 14.2. The average Bonchev–Trinajstić information content (AvgIpc) is 2.16. The van der Waals surface area contributed by atoms with Crippen LogP contribution < -0.4 is 0 Å². The third-order valence-electron chi connectivity index (χ3n) is 1.51. The van der Waals surface area contributed by atoms with Gasteiger partial charge in [-0.2, -0.15) is 5.26 Å². The number of hydrogen-bond acceptors (Lipinski definition) is 3. The fourth-order valence-corrected chi connectivity index (χ4v) is 0.897. The molecule has 12 heavy (non-hydrogen) atoms. The van der Waals surface area contributed by atoms with E-state index in [0.717, 1.165) is 5.56 Å². The number of carbonyl (C=O) groups excluding carboxylic acids is 1. The van der Waals surface area contributed by atoms with Crippen molar-refractivity contribution in [2.45, 2.75) is 6.42 Å². The Morgan fingerprint density at radius 1 is 1.75 bits per heavy atom. The van der Waals surface area contributed by atoms with Gasteiger partial charge in [-0.3, -0.25) is 4.98 Å². The smallest absolute Gasteiger partial charge is 0.137 e. The molecular weight excluding hydrogens is 152 g/mol. The summed E-state index contributed by atoms with van der Waals surface area (Å²) in [5.41, 5.74) is 0.913. The molecule has 0 N–H and O–H groups in total. The van der Waals surface area contributed by atoms with Crippen molar-refractivity contribution in [3.8, 4) is 6.07 Å². The second-order valence-corrected chi connectivity index (χ2v) is 2.44. The molecule has 0 aromatic carbocycles. The Labute approximate surface area is 70.7 Å². The minimum absolute atomic E-state index is 0.452. The van der Waals surface area contributed by atoms with Crippen LogP contribution in [0.4, 0.5) is 0 Å². The molecule has 0 spiro atoms. The molecule has 0 amide bonds. The Morgan fingerprint density at radius 2 is 2.58 bits per heavy atom. The van der Waals surface area contributed by atoms with Gasteiger partial charge in [0.05, 0.1) is 6.07 Å². The van der Waals surface area contributed by atoms with Crippen LogP contribution in [0.5, 0.6) is 0 Å². The zero-order chi connectivity index (χ0) is 8.81. The maximum Gasteiger partial charge on any atom is 0.137 e. The van der Waals surface area contributed by atoms with Crippen LogP contribution in [0.1, 0.15) is 5.56 Å². The van der Waals surface area contributed by atoms with Gasteiger partial charge in [-0.05, 0) is 18.1 Å². The number of hydrogen-bond donors (Lipinski definition) is 0. The molecule has 3 nitrogen and oxygen atoms in total. The number of pyridine rings is 1. The Hall–Kier alpha value is -1.69. The quantitative estimate of drug-likeness (QED) is 0.619. The normalized spacial score (nSPS) is 11.6. The summed E-state index contributed by atoms with van der Waals surface area (Å²) in [5.74, 6) is -0.547. The summed E-state index contributed by atoms with van der Waals surface area (Å²) in [7, 11) is 0. The molecule has 1 atom stereocenters. The Bertz CT molecular complexity index is 289. The first-order valence-electron chi connectivity index (χ1n) is 3.60. The summed E-state index contributed by atoms with van der Waals surface area (Å²) < 4.78 is 0. The lowest BCUT2D eigenvalue weighted by Gasteiger charge is -1.99. The number of nitrogens with zero attached hydrogens (tertiary/aromatic N) is 2. The average molecular weight is 160 g/mol. The molecule has 3 heteroatoms. The van der Waals surface area contributed by atoms with E-state index < -0.39 is 5.92 Å². The highest BCUT2D eigenvalue weighted by Gasteiger charge is 2.05. The van der Waals surface area contributed by atoms with Crippen LogP contribution in [0.2, 0.25) is 0 Å². The second kappa shape index (κ2) is 4.24. The molecule has 0 aliphatic heterocycles. The Balaban J connectivity index is 2.64. The number of aromatic nitrogens is 1. The first-order chi connectivity index (χ1) is 5.86. The minimum atomic E-state index is -0.547. The standard InChI is InChI=1S/C9H8N2O/c10-5-9(7-12)4-8-2-1-3-11-6-8/h1-3,6-7,9H,4H2. The molecule has 0 saturated carbocycles. The van der Waals surface area contributed by atoms with Crippen LogP contribution in [0.25, 0.3) is 0 Å². The SMILES string of the molecule is N#CC(C=O)Cc1cccnc1. The van der Waals surface area contributed by atoms with Crippen molar-refractivity contribution in [3.05, 3.63) is 30.1 Å².